The highest BCUT2D eigenvalue weighted by Crippen LogP contribution is 2.20. The van der Waals surface area contributed by atoms with E-state index in [-0.39, 0.29) is 12.5 Å². The fourth-order valence-electron chi connectivity index (χ4n) is 2.23. The zero-order valence-corrected chi connectivity index (χ0v) is 14.0. The average Bonchev–Trinajstić information content (AvgIpc) is 2.53. The molecule has 4 nitrogen and oxygen atoms in total. The van der Waals surface area contributed by atoms with Crippen molar-refractivity contribution in [3.8, 4) is 5.75 Å². The third kappa shape index (κ3) is 5.53. The number of hydrogen-bond donors (Lipinski definition) is 2. The Kier molecular flexibility index (Phi) is 7.12. The van der Waals surface area contributed by atoms with Gasteiger partial charge in [0.15, 0.2) is 0 Å². The summed E-state index contributed by atoms with van der Waals surface area (Å²) >= 11 is 0. The van der Waals surface area contributed by atoms with Crippen LogP contribution in [0.2, 0.25) is 0 Å². The van der Waals surface area contributed by atoms with E-state index in [0.717, 1.165) is 16.9 Å². The fraction of sp³-hybridized carbons (Fsp3) is 0.500. The largest absolute Gasteiger partial charge is 0.496 e. The molecular formula is C18H27NO3. The molecule has 0 radical (unpaired) electrons. The molecular weight excluding hydrogens is 278 g/mol. The summed E-state index contributed by atoms with van der Waals surface area (Å²) in [5.41, 5.74) is 1.17. The van der Waals surface area contributed by atoms with Gasteiger partial charge in [0.05, 0.1) is 12.7 Å². The number of allylic oxidation sites excluding steroid dienone is 1. The molecule has 0 saturated carbocycles. The van der Waals surface area contributed by atoms with Gasteiger partial charge in [-0.2, -0.15) is 0 Å². The van der Waals surface area contributed by atoms with Crippen LogP contribution in [0.15, 0.2) is 35.9 Å². The van der Waals surface area contributed by atoms with Crippen molar-refractivity contribution in [1.82, 2.24) is 5.32 Å². The minimum Gasteiger partial charge on any atom is -0.496 e. The van der Waals surface area contributed by atoms with Crippen molar-refractivity contribution < 1.29 is 14.6 Å². The van der Waals surface area contributed by atoms with Gasteiger partial charge in [-0.05, 0) is 37.8 Å². The lowest BCUT2D eigenvalue weighted by molar-refractivity contribution is -0.117. The van der Waals surface area contributed by atoms with Crippen LogP contribution in [0, 0.1) is 0 Å². The molecule has 122 valence electrons. The molecule has 4 heteroatoms. The first-order chi connectivity index (χ1) is 10.4. The minimum absolute atomic E-state index is 0.173. The van der Waals surface area contributed by atoms with Crippen molar-refractivity contribution in [2.75, 3.05) is 13.7 Å². The number of amides is 1. The monoisotopic (exact) mass is 305 g/mol. The molecule has 0 unspecified atom stereocenters. The van der Waals surface area contributed by atoms with E-state index in [1.54, 1.807) is 13.2 Å². The molecule has 22 heavy (non-hydrogen) atoms. The van der Waals surface area contributed by atoms with E-state index < -0.39 is 5.60 Å². The number of carbonyl (C=O) groups is 1. The van der Waals surface area contributed by atoms with Gasteiger partial charge in [0.25, 0.3) is 0 Å². The third-order valence-corrected chi connectivity index (χ3v) is 3.95. The van der Waals surface area contributed by atoms with Crippen LogP contribution in [-0.2, 0) is 11.2 Å². The maximum absolute atomic E-state index is 11.9. The smallest absolute Gasteiger partial charge is 0.244 e. The Morgan fingerprint density at radius 2 is 1.95 bits per heavy atom. The molecule has 0 atom stereocenters. The predicted octanol–water partition coefficient (Wildman–Crippen LogP) is 2.85. The van der Waals surface area contributed by atoms with E-state index in [2.05, 4.69) is 5.32 Å². The highest BCUT2D eigenvalue weighted by molar-refractivity contribution is 5.88. The fourth-order valence-corrected chi connectivity index (χ4v) is 2.23. The molecule has 0 aliphatic carbocycles. The van der Waals surface area contributed by atoms with Gasteiger partial charge >= 0.3 is 0 Å². The minimum atomic E-state index is -0.819. The van der Waals surface area contributed by atoms with Gasteiger partial charge in [0.2, 0.25) is 5.91 Å². The first-order valence-corrected chi connectivity index (χ1v) is 7.73. The Morgan fingerprint density at radius 3 is 2.55 bits per heavy atom. The Balaban J connectivity index is 2.63. The van der Waals surface area contributed by atoms with Crippen molar-refractivity contribution >= 4 is 5.91 Å². The highest BCUT2D eigenvalue weighted by Gasteiger charge is 2.22. The second-order valence-electron chi connectivity index (χ2n) is 5.63. The van der Waals surface area contributed by atoms with E-state index in [9.17, 15) is 9.90 Å². The molecule has 0 aromatic heterocycles. The van der Waals surface area contributed by atoms with Gasteiger partial charge in [-0.15, -0.1) is 0 Å². The van der Waals surface area contributed by atoms with Crippen LogP contribution in [0.3, 0.4) is 0 Å². The zero-order chi connectivity index (χ0) is 16.6. The standard InChI is InChI=1S/C18H27NO3/c1-5-18(21,6-2)13-19-17(20)12-14(3)11-15-9-7-8-10-16(15)22-4/h7-10,12,21H,5-6,11,13H2,1-4H3,(H,19,20). The van der Waals surface area contributed by atoms with Gasteiger partial charge in [0, 0.05) is 12.6 Å². The van der Waals surface area contributed by atoms with Crippen LogP contribution in [0.25, 0.3) is 0 Å². The Labute approximate surface area is 133 Å². The Bertz CT molecular complexity index is 519. The molecule has 1 aromatic rings. The molecule has 2 N–H and O–H groups in total. The molecule has 1 rings (SSSR count). The van der Waals surface area contributed by atoms with Crippen LogP contribution < -0.4 is 10.1 Å². The number of hydrogen-bond acceptors (Lipinski definition) is 3. The summed E-state index contributed by atoms with van der Waals surface area (Å²) in [6.07, 6.45) is 3.48. The number of benzene rings is 1. The van der Waals surface area contributed by atoms with Crippen LogP contribution in [-0.4, -0.2) is 30.3 Å². The highest BCUT2D eigenvalue weighted by atomic mass is 16.5. The van der Waals surface area contributed by atoms with E-state index in [0.29, 0.717) is 19.3 Å². The number of para-hydroxylation sites is 1. The molecule has 0 aliphatic rings. The normalized spacial score (nSPS) is 12.1. The number of ether oxygens (including phenoxy) is 1. The van der Waals surface area contributed by atoms with Crippen molar-refractivity contribution in [1.29, 1.82) is 0 Å². The summed E-state index contributed by atoms with van der Waals surface area (Å²) < 4.78 is 5.31. The molecule has 0 spiro atoms. The van der Waals surface area contributed by atoms with Gasteiger partial charge in [-0.1, -0.05) is 37.6 Å². The first-order valence-electron chi connectivity index (χ1n) is 7.73. The van der Waals surface area contributed by atoms with Crippen molar-refractivity contribution in [3.05, 3.63) is 41.5 Å². The topological polar surface area (TPSA) is 58.6 Å². The number of aliphatic hydroxyl groups is 1. The maximum Gasteiger partial charge on any atom is 0.244 e. The second-order valence-corrected chi connectivity index (χ2v) is 5.63. The molecule has 0 fully saturated rings. The number of nitrogens with one attached hydrogen (secondary N) is 1. The summed E-state index contributed by atoms with van der Waals surface area (Å²) in [5.74, 6) is 0.648. The van der Waals surface area contributed by atoms with Crippen molar-refractivity contribution in [2.24, 2.45) is 0 Å². The summed E-state index contributed by atoms with van der Waals surface area (Å²) in [6.45, 7) is 6.02. The summed E-state index contributed by atoms with van der Waals surface area (Å²) in [4.78, 5) is 11.9. The first kappa shape index (κ1) is 18.2. The molecule has 0 bridgehead atoms. The van der Waals surface area contributed by atoms with Gasteiger partial charge < -0.3 is 15.2 Å². The van der Waals surface area contributed by atoms with E-state index in [1.807, 2.05) is 45.0 Å². The quantitative estimate of drug-likeness (QED) is 0.726. The SMILES string of the molecule is CCC(O)(CC)CNC(=O)C=C(C)Cc1ccccc1OC. The molecule has 0 heterocycles. The number of methoxy groups -OCH3 is 1. The maximum atomic E-state index is 11.9. The van der Waals surface area contributed by atoms with Crippen molar-refractivity contribution in [2.45, 2.75) is 45.6 Å². The van der Waals surface area contributed by atoms with E-state index in [4.69, 9.17) is 4.74 Å². The number of rotatable bonds is 8. The van der Waals surface area contributed by atoms with Gasteiger partial charge in [0.1, 0.15) is 5.75 Å². The lowest BCUT2D eigenvalue weighted by atomic mass is 9.97. The summed E-state index contributed by atoms with van der Waals surface area (Å²) in [7, 11) is 1.64. The lowest BCUT2D eigenvalue weighted by Gasteiger charge is -2.25. The zero-order valence-electron chi connectivity index (χ0n) is 14.0. The van der Waals surface area contributed by atoms with Crippen molar-refractivity contribution in [3.63, 3.8) is 0 Å². The second kappa shape index (κ2) is 8.59. The summed E-state index contributed by atoms with van der Waals surface area (Å²) in [6, 6.07) is 7.77. The van der Waals surface area contributed by atoms with Crippen LogP contribution >= 0.6 is 0 Å². The lowest BCUT2D eigenvalue weighted by Crippen LogP contribution is -2.41. The third-order valence-electron chi connectivity index (χ3n) is 3.95. The number of carbonyl (C=O) groups excluding carboxylic acids is 1. The Hall–Kier alpha value is -1.81. The summed E-state index contributed by atoms with van der Waals surface area (Å²) in [5, 5.41) is 12.9. The van der Waals surface area contributed by atoms with Crippen LogP contribution in [0.5, 0.6) is 5.75 Å². The van der Waals surface area contributed by atoms with Crippen LogP contribution in [0.4, 0.5) is 0 Å². The molecule has 1 aromatic carbocycles. The van der Waals surface area contributed by atoms with E-state index >= 15 is 0 Å². The molecule has 1 amide bonds. The molecule has 0 saturated heterocycles. The predicted molar refractivity (Wildman–Crippen MR) is 89.0 cm³/mol. The van der Waals surface area contributed by atoms with Gasteiger partial charge in [-0.3, -0.25) is 4.79 Å². The average molecular weight is 305 g/mol. The van der Waals surface area contributed by atoms with Crippen LogP contribution in [0.1, 0.15) is 39.2 Å². The van der Waals surface area contributed by atoms with E-state index in [1.165, 1.54) is 0 Å². The molecule has 0 aliphatic heterocycles. The Morgan fingerprint density at radius 1 is 1.32 bits per heavy atom. The van der Waals surface area contributed by atoms with Gasteiger partial charge in [-0.25, -0.2) is 0 Å².